The summed E-state index contributed by atoms with van der Waals surface area (Å²) in [6.07, 6.45) is 2.42. The van der Waals surface area contributed by atoms with Gasteiger partial charge in [0.2, 0.25) is 5.89 Å². The maximum Gasteiger partial charge on any atom is 0.231 e. The molecule has 2 unspecified atom stereocenters. The van der Waals surface area contributed by atoms with Crippen molar-refractivity contribution >= 4 is 0 Å². The second-order valence-electron chi connectivity index (χ2n) is 4.75. The van der Waals surface area contributed by atoms with Gasteiger partial charge < -0.3 is 14.6 Å². The Labute approximate surface area is 94.6 Å². The molecule has 1 aromatic rings. The highest BCUT2D eigenvalue weighted by Gasteiger charge is 2.35. The lowest BCUT2D eigenvalue weighted by Crippen LogP contribution is -2.16. The quantitative estimate of drug-likeness (QED) is 0.821. The van der Waals surface area contributed by atoms with Crippen molar-refractivity contribution in [2.24, 2.45) is 5.92 Å². The van der Waals surface area contributed by atoms with Crippen LogP contribution in [0.25, 0.3) is 0 Å². The fraction of sp³-hybridized carbons (Fsp3) is 0.818. The SMILES string of the molecule is COCC1CNCC1c1nc(C2CC2)no1. The minimum Gasteiger partial charge on any atom is -0.384 e. The molecule has 2 fully saturated rings. The maximum atomic E-state index is 5.37. The normalized spacial score (nSPS) is 29.8. The van der Waals surface area contributed by atoms with Crippen molar-refractivity contribution in [2.45, 2.75) is 24.7 Å². The molecule has 3 rings (SSSR count). The van der Waals surface area contributed by atoms with E-state index in [1.54, 1.807) is 7.11 Å². The summed E-state index contributed by atoms with van der Waals surface area (Å²) in [5, 5.41) is 7.41. The lowest BCUT2D eigenvalue weighted by atomic mass is 9.97. The summed E-state index contributed by atoms with van der Waals surface area (Å²) < 4.78 is 10.6. The summed E-state index contributed by atoms with van der Waals surface area (Å²) >= 11 is 0. The number of rotatable bonds is 4. The maximum absolute atomic E-state index is 5.37. The number of hydrogen-bond donors (Lipinski definition) is 1. The molecular weight excluding hydrogens is 206 g/mol. The zero-order valence-corrected chi connectivity index (χ0v) is 9.48. The molecular formula is C11H17N3O2. The lowest BCUT2D eigenvalue weighted by molar-refractivity contribution is 0.146. The van der Waals surface area contributed by atoms with Crippen LogP contribution in [0.5, 0.6) is 0 Å². The van der Waals surface area contributed by atoms with Crippen LogP contribution in [-0.4, -0.2) is 36.9 Å². The average molecular weight is 223 g/mol. The molecule has 0 bridgehead atoms. The van der Waals surface area contributed by atoms with Crippen LogP contribution >= 0.6 is 0 Å². The van der Waals surface area contributed by atoms with Gasteiger partial charge in [-0.3, -0.25) is 0 Å². The van der Waals surface area contributed by atoms with Crippen LogP contribution < -0.4 is 5.32 Å². The highest BCUT2D eigenvalue weighted by molar-refractivity contribution is 5.07. The molecule has 0 amide bonds. The van der Waals surface area contributed by atoms with Crippen LogP contribution in [0.3, 0.4) is 0 Å². The topological polar surface area (TPSA) is 60.2 Å². The molecule has 1 aromatic heterocycles. The minimum atomic E-state index is 0.319. The van der Waals surface area contributed by atoms with Gasteiger partial charge in [-0.2, -0.15) is 4.98 Å². The van der Waals surface area contributed by atoms with Crippen molar-refractivity contribution in [3.8, 4) is 0 Å². The summed E-state index contributed by atoms with van der Waals surface area (Å²) in [7, 11) is 1.73. The fourth-order valence-corrected chi connectivity index (χ4v) is 2.32. The van der Waals surface area contributed by atoms with E-state index in [-0.39, 0.29) is 0 Å². The van der Waals surface area contributed by atoms with Gasteiger partial charge in [-0.25, -0.2) is 0 Å². The third-order valence-electron chi connectivity index (χ3n) is 3.44. The van der Waals surface area contributed by atoms with Gasteiger partial charge in [0, 0.05) is 32.0 Å². The molecule has 1 N–H and O–H groups in total. The largest absolute Gasteiger partial charge is 0.384 e. The van der Waals surface area contributed by atoms with E-state index in [1.807, 2.05) is 0 Å². The molecule has 5 nitrogen and oxygen atoms in total. The first kappa shape index (κ1) is 10.2. The van der Waals surface area contributed by atoms with Crippen LogP contribution in [0, 0.1) is 5.92 Å². The molecule has 0 aromatic carbocycles. The van der Waals surface area contributed by atoms with E-state index in [0.717, 1.165) is 31.4 Å². The smallest absolute Gasteiger partial charge is 0.231 e. The van der Waals surface area contributed by atoms with Gasteiger partial charge in [0.15, 0.2) is 5.82 Å². The third kappa shape index (κ3) is 1.85. The summed E-state index contributed by atoms with van der Waals surface area (Å²) in [5.74, 6) is 3.03. The Morgan fingerprint density at radius 2 is 2.31 bits per heavy atom. The van der Waals surface area contributed by atoms with Crippen molar-refractivity contribution in [1.82, 2.24) is 15.5 Å². The van der Waals surface area contributed by atoms with E-state index in [4.69, 9.17) is 9.26 Å². The zero-order chi connectivity index (χ0) is 11.0. The van der Waals surface area contributed by atoms with E-state index in [1.165, 1.54) is 12.8 Å². The van der Waals surface area contributed by atoms with Gasteiger partial charge in [0.05, 0.1) is 12.5 Å². The second-order valence-corrected chi connectivity index (χ2v) is 4.75. The van der Waals surface area contributed by atoms with Crippen LogP contribution in [0.4, 0.5) is 0 Å². The summed E-state index contributed by atoms with van der Waals surface area (Å²) in [6.45, 7) is 2.64. The summed E-state index contributed by atoms with van der Waals surface area (Å²) in [5.41, 5.74) is 0. The van der Waals surface area contributed by atoms with E-state index in [2.05, 4.69) is 15.5 Å². The van der Waals surface area contributed by atoms with Crippen molar-refractivity contribution in [3.63, 3.8) is 0 Å². The Kier molecular flexibility index (Phi) is 2.65. The first-order valence-electron chi connectivity index (χ1n) is 5.91. The van der Waals surface area contributed by atoms with Crippen molar-refractivity contribution in [3.05, 3.63) is 11.7 Å². The van der Waals surface area contributed by atoms with Crippen LogP contribution in [0.2, 0.25) is 0 Å². The molecule has 1 saturated carbocycles. The predicted molar refractivity (Wildman–Crippen MR) is 57.2 cm³/mol. The molecule has 16 heavy (non-hydrogen) atoms. The Hall–Kier alpha value is -0.940. The van der Waals surface area contributed by atoms with E-state index < -0.39 is 0 Å². The highest BCUT2D eigenvalue weighted by atomic mass is 16.5. The molecule has 0 spiro atoms. The number of hydrogen-bond acceptors (Lipinski definition) is 5. The van der Waals surface area contributed by atoms with Gasteiger partial charge in [-0.1, -0.05) is 5.16 Å². The number of nitrogens with one attached hydrogen (secondary N) is 1. The van der Waals surface area contributed by atoms with Gasteiger partial charge >= 0.3 is 0 Å². The molecule has 1 aliphatic carbocycles. The second kappa shape index (κ2) is 4.14. The standard InChI is InChI=1S/C11H17N3O2/c1-15-6-8-4-12-5-9(8)11-13-10(14-16-11)7-2-3-7/h7-9,12H,2-6H2,1H3. The summed E-state index contributed by atoms with van der Waals surface area (Å²) in [4.78, 5) is 4.51. The average Bonchev–Trinajstić information content (AvgIpc) is 2.85. The Balaban J connectivity index is 1.73. The Bertz CT molecular complexity index is 362. The van der Waals surface area contributed by atoms with E-state index in [9.17, 15) is 0 Å². The Morgan fingerprint density at radius 1 is 1.44 bits per heavy atom. The molecule has 1 saturated heterocycles. The van der Waals surface area contributed by atoms with Crippen molar-refractivity contribution in [1.29, 1.82) is 0 Å². The minimum absolute atomic E-state index is 0.319. The number of nitrogens with zero attached hydrogens (tertiary/aromatic N) is 2. The lowest BCUT2D eigenvalue weighted by Gasteiger charge is -2.12. The van der Waals surface area contributed by atoms with Gasteiger partial charge in [0.1, 0.15) is 0 Å². The van der Waals surface area contributed by atoms with Crippen molar-refractivity contribution in [2.75, 3.05) is 26.8 Å². The van der Waals surface area contributed by atoms with Crippen LogP contribution in [0.1, 0.15) is 36.4 Å². The van der Waals surface area contributed by atoms with Crippen LogP contribution in [0.15, 0.2) is 4.52 Å². The molecule has 0 radical (unpaired) electrons. The molecule has 5 heteroatoms. The van der Waals surface area contributed by atoms with Gasteiger partial charge in [-0.05, 0) is 12.8 Å². The van der Waals surface area contributed by atoms with E-state index >= 15 is 0 Å². The molecule has 2 aliphatic rings. The first-order chi connectivity index (χ1) is 7.88. The van der Waals surface area contributed by atoms with Crippen LogP contribution in [-0.2, 0) is 4.74 Å². The number of methoxy groups -OCH3 is 1. The number of ether oxygens (including phenoxy) is 1. The first-order valence-corrected chi connectivity index (χ1v) is 5.91. The Morgan fingerprint density at radius 3 is 3.06 bits per heavy atom. The van der Waals surface area contributed by atoms with Gasteiger partial charge in [0.25, 0.3) is 0 Å². The third-order valence-corrected chi connectivity index (χ3v) is 3.44. The molecule has 2 heterocycles. The zero-order valence-electron chi connectivity index (χ0n) is 9.48. The number of aromatic nitrogens is 2. The fourth-order valence-electron chi connectivity index (χ4n) is 2.32. The molecule has 2 atom stereocenters. The van der Waals surface area contributed by atoms with Gasteiger partial charge in [-0.15, -0.1) is 0 Å². The predicted octanol–water partition coefficient (Wildman–Crippen LogP) is 0.896. The monoisotopic (exact) mass is 223 g/mol. The highest BCUT2D eigenvalue weighted by Crippen LogP contribution is 2.39. The van der Waals surface area contributed by atoms with Crippen molar-refractivity contribution < 1.29 is 9.26 Å². The molecule has 88 valence electrons. The molecule has 1 aliphatic heterocycles. The summed E-state index contributed by atoms with van der Waals surface area (Å²) in [6, 6.07) is 0. The van der Waals surface area contributed by atoms with E-state index in [0.29, 0.717) is 17.8 Å².